The van der Waals surface area contributed by atoms with Crippen LogP contribution in [0.1, 0.15) is 38.2 Å². The van der Waals surface area contributed by atoms with Crippen LogP contribution in [0.4, 0.5) is 0 Å². The molecule has 0 atom stereocenters. The van der Waals surface area contributed by atoms with Gasteiger partial charge in [0, 0.05) is 19.6 Å². The van der Waals surface area contributed by atoms with Crippen LogP contribution in [0.15, 0.2) is 23.1 Å². The van der Waals surface area contributed by atoms with Crippen molar-refractivity contribution in [2.45, 2.75) is 43.9 Å². The molecule has 1 aromatic rings. The summed E-state index contributed by atoms with van der Waals surface area (Å²) in [5.74, 6) is 1.03. The summed E-state index contributed by atoms with van der Waals surface area (Å²) < 4.78 is 38.1. The number of sulfonamides is 1. The van der Waals surface area contributed by atoms with Crippen molar-refractivity contribution in [3.8, 4) is 5.75 Å². The summed E-state index contributed by atoms with van der Waals surface area (Å²) in [5.41, 5.74) is 0.651. The van der Waals surface area contributed by atoms with Crippen LogP contribution >= 0.6 is 0 Å². The summed E-state index contributed by atoms with van der Waals surface area (Å²) in [7, 11) is -2.26. The Balaban J connectivity index is 1.49. The van der Waals surface area contributed by atoms with Crippen LogP contribution < -0.4 is 10.1 Å². The second-order valence-electron chi connectivity index (χ2n) is 8.76. The van der Waals surface area contributed by atoms with Crippen LogP contribution in [0.25, 0.3) is 0 Å². The molecule has 2 aliphatic heterocycles. The minimum absolute atomic E-state index is 0.100. The van der Waals surface area contributed by atoms with Gasteiger partial charge in [0.05, 0.1) is 26.7 Å². The lowest BCUT2D eigenvalue weighted by Crippen LogP contribution is -2.40. The van der Waals surface area contributed by atoms with Gasteiger partial charge in [0.2, 0.25) is 15.9 Å². The molecule has 180 valence electrons. The Morgan fingerprint density at radius 1 is 1.16 bits per heavy atom. The molecule has 1 aromatic carbocycles. The fourth-order valence-electron chi connectivity index (χ4n) is 4.18. The number of methoxy groups -OCH3 is 1. The number of unbranched alkanes of at least 4 members (excludes halogenated alkanes) is 1. The number of likely N-dealkylation sites (tertiary alicyclic amines) is 1. The zero-order valence-electron chi connectivity index (χ0n) is 19.3. The summed E-state index contributed by atoms with van der Waals surface area (Å²) in [6, 6.07) is 4.92. The van der Waals surface area contributed by atoms with Crippen molar-refractivity contribution in [1.82, 2.24) is 14.5 Å². The van der Waals surface area contributed by atoms with E-state index in [9.17, 15) is 13.2 Å². The van der Waals surface area contributed by atoms with Gasteiger partial charge in [-0.3, -0.25) is 4.79 Å². The lowest BCUT2D eigenvalue weighted by Gasteiger charge is -2.30. The van der Waals surface area contributed by atoms with E-state index >= 15 is 0 Å². The highest BCUT2D eigenvalue weighted by Gasteiger charge is 2.29. The largest absolute Gasteiger partial charge is 0.495 e. The third kappa shape index (κ3) is 6.91. The lowest BCUT2D eigenvalue weighted by atomic mass is 9.99. The minimum Gasteiger partial charge on any atom is -0.495 e. The van der Waals surface area contributed by atoms with Crippen molar-refractivity contribution in [3.63, 3.8) is 0 Å². The molecule has 2 saturated heterocycles. The molecule has 2 heterocycles. The van der Waals surface area contributed by atoms with Gasteiger partial charge in [-0.2, -0.15) is 4.31 Å². The van der Waals surface area contributed by atoms with Gasteiger partial charge < -0.3 is 19.7 Å². The van der Waals surface area contributed by atoms with Crippen LogP contribution in [0.2, 0.25) is 0 Å². The number of morpholine rings is 1. The van der Waals surface area contributed by atoms with Crippen molar-refractivity contribution >= 4 is 15.9 Å². The monoisotopic (exact) mass is 467 g/mol. The average Bonchev–Trinajstić information content (AvgIpc) is 2.80. The van der Waals surface area contributed by atoms with E-state index in [1.807, 2.05) is 0 Å². The number of nitrogens with one attached hydrogen (secondary N) is 1. The Morgan fingerprint density at radius 2 is 1.88 bits per heavy atom. The van der Waals surface area contributed by atoms with Crippen LogP contribution in [-0.2, 0) is 26.0 Å². The molecule has 2 fully saturated rings. The van der Waals surface area contributed by atoms with Crippen molar-refractivity contribution in [3.05, 3.63) is 23.8 Å². The van der Waals surface area contributed by atoms with E-state index in [1.165, 1.54) is 37.3 Å². The van der Waals surface area contributed by atoms with E-state index in [4.69, 9.17) is 9.47 Å². The number of rotatable bonds is 10. The molecule has 1 amide bonds. The molecule has 32 heavy (non-hydrogen) atoms. The van der Waals surface area contributed by atoms with E-state index in [2.05, 4.69) is 17.1 Å². The van der Waals surface area contributed by atoms with Crippen LogP contribution in [-0.4, -0.2) is 83.1 Å². The molecule has 1 N–H and O–H groups in total. The van der Waals surface area contributed by atoms with E-state index in [1.54, 1.807) is 18.2 Å². The highest BCUT2D eigenvalue weighted by Crippen LogP contribution is 2.28. The van der Waals surface area contributed by atoms with Gasteiger partial charge in [-0.25, -0.2) is 8.42 Å². The molecule has 9 heteroatoms. The van der Waals surface area contributed by atoms with Crippen molar-refractivity contribution in [2.24, 2.45) is 5.92 Å². The number of carbonyl (C=O) groups is 1. The van der Waals surface area contributed by atoms with Gasteiger partial charge in [0.1, 0.15) is 10.6 Å². The van der Waals surface area contributed by atoms with E-state index in [0.717, 1.165) is 25.3 Å². The number of carbonyl (C=O) groups excluding carboxylic acids is 1. The van der Waals surface area contributed by atoms with Gasteiger partial charge in [-0.05, 0) is 68.9 Å². The average molecular weight is 468 g/mol. The molecule has 0 spiro atoms. The molecule has 0 radical (unpaired) electrons. The summed E-state index contributed by atoms with van der Waals surface area (Å²) >= 11 is 0. The number of ether oxygens (including phenoxy) is 2. The Kier molecular flexibility index (Phi) is 9.34. The first-order valence-electron chi connectivity index (χ1n) is 11.6. The zero-order chi connectivity index (χ0) is 23.0. The van der Waals surface area contributed by atoms with Crippen LogP contribution in [0.5, 0.6) is 5.75 Å². The molecular weight excluding hydrogens is 430 g/mol. The minimum atomic E-state index is -3.71. The molecule has 0 bridgehead atoms. The number of hydrogen-bond acceptors (Lipinski definition) is 6. The van der Waals surface area contributed by atoms with Gasteiger partial charge in [-0.1, -0.05) is 13.0 Å². The summed E-state index contributed by atoms with van der Waals surface area (Å²) in [4.78, 5) is 15.0. The number of nitrogens with zero attached hydrogens (tertiary/aromatic N) is 2. The Labute approximate surface area is 192 Å². The molecular formula is C23H37N3O5S. The molecule has 0 aromatic heterocycles. The van der Waals surface area contributed by atoms with Crippen molar-refractivity contribution in [1.29, 1.82) is 0 Å². The number of amides is 1. The fourth-order valence-corrected chi connectivity index (χ4v) is 5.79. The van der Waals surface area contributed by atoms with E-state index < -0.39 is 10.0 Å². The molecule has 0 aliphatic carbocycles. The van der Waals surface area contributed by atoms with Crippen LogP contribution in [0, 0.1) is 5.92 Å². The summed E-state index contributed by atoms with van der Waals surface area (Å²) in [6.07, 6.45) is 4.71. The second kappa shape index (κ2) is 12.0. The van der Waals surface area contributed by atoms with Crippen molar-refractivity contribution in [2.75, 3.05) is 59.6 Å². The topological polar surface area (TPSA) is 88.2 Å². The highest BCUT2D eigenvalue weighted by atomic mass is 32.2. The third-order valence-electron chi connectivity index (χ3n) is 6.28. The van der Waals surface area contributed by atoms with Gasteiger partial charge in [0.25, 0.3) is 0 Å². The van der Waals surface area contributed by atoms with Gasteiger partial charge >= 0.3 is 0 Å². The number of hydrogen-bond donors (Lipinski definition) is 1. The lowest BCUT2D eigenvalue weighted by molar-refractivity contribution is -0.120. The zero-order valence-corrected chi connectivity index (χ0v) is 20.2. The molecule has 2 aliphatic rings. The standard InChI is InChI=1S/C23H37N3O5S/c1-19-7-11-25(12-8-19)10-4-3-9-24-23(27)18-20-5-6-21(30-2)22(17-20)32(28,29)26-13-15-31-16-14-26/h5-6,17,19H,3-4,7-16,18H2,1-2H3,(H,24,27). The molecule has 8 nitrogen and oxygen atoms in total. The predicted molar refractivity (Wildman–Crippen MR) is 123 cm³/mol. The fraction of sp³-hybridized carbons (Fsp3) is 0.696. The number of benzene rings is 1. The second-order valence-corrected chi connectivity index (χ2v) is 10.7. The first-order valence-corrected chi connectivity index (χ1v) is 13.1. The maximum Gasteiger partial charge on any atom is 0.246 e. The van der Waals surface area contributed by atoms with Gasteiger partial charge in [0.15, 0.2) is 0 Å². The maximum atomic E-state index is 13.1. The third-order valence-corrected chi connectivity index (χ3v) is 8.20. The summed E-state index contributed by atoms with van der Waals surface area (Å²) in [5, 5.41) is 2.96. The Hall–Kier alpha value is -1.68. The first kappa shape index (κ1) is 25.0. The summed E-state index contributed by atoms with van der Waals surface area (Å²) in [6.45, 7) is 7.78. The maximum absolute atomic E-state index is 13.1. The van der Waals surface area contributed by atoms with Crippen LogP contribution in [0.3, 0.4) is 0 Å². The van der Waals surface area contributed by atoms with Crippen molar-refractivity contribution < 1.29 is 22.7 Å². The highest BCUT2D eigenvalue weighted by molar-refractivity contribution is 7.89. The SMILES string of the molecule is COc1ccc(CC(=O)NCCCCN2CCC(C)CC2)cc1S(=O)(=O)N1CCOCC1. The molecule has 0 saturated carbocycles. The van der Waals surface area contributed by atoms with E-state index in [-0.39, 0.29) is 23.0 Å². The Bertz CT molecular complexity index is 847. The smallest absolute Gasteiger partial charge is 0.246 e. The normalized spacial score (nSPS) is 19.1. The Morgan fingerprint density at radius 3 is 2.56 bits per heavy atom. The van der Waals surface area contributed by atoms with E-state index in [0.29, 0.717) is 38.4 Å². The first-order chi connectivity index (χ1) is 15.4. The molecule has 0 unspecified atom stereocenters. The predicted octanol–water partition coefficient (Wildman–Crippen LogP) is 1.89. The number of piperidine rings is 1. The molecule has 3 rings (SSSR count). The quantitative estimate of drug-likeness (QED) is 0.529. The van der Waals surface area contributed by atoms with Gasteiger partial charge in [-0.15, -0.1) is 0 Å².